The fourth-order valence-electron chi connectivity index (χ4n) is 2.20. The first-order valence-electron chi connectivity index (χ1n) is 7.62. The number of ether oxygens (including phenoxy) is 1. The number of aryl methyl sites for hydroxylation is 2. The van der Waals surface area contributed by atoms with Gasteiger partial charge in [0.2, 0.25) is 0 Å². The van der Waals surface area contributed by atoms with E-state index in [-0.39, 0.29) is 17.8 Å². The molecule has 0 radical (unpaired) electrons. The molecule has 1 amide bonds. The number of amides is 1. The second kappa shape index (κ2) is 8.05. The van der Waals surface area contributed by atoms with E-state index in [1.165, 1.54) is 18.2 Å². The van der Waals surface area contributed by atoms with Crippen LogP contribution in [0.15, 0.2) is 42.5 Å². The van der Waals surface area contributed by atoms with Gasteiger partial charge in [0.05, 0.1) is 11.3 Å². The molecule has 25 heavy (non-hydrogen) atoms. The lowest BCUT2D eigenvalue weighted by Crippen LogP contribution is -2.22. The number of esters is 1. The highest BCUT2D eigenvalue weighted by atomic mass is 16.6. The summed E-state index contributed by atoms with van der Waals surface area (Å²) in [7, 11) is 0. The van der Waals surface area contributed by atoms with Gasteiger partial charge in [-0.3, -0.25) is 19.7 Å². The highest BCUT2D eigenvalue weighted by Crippen LogP contribution is 2.22. The summed E-state index contributed by atoms with van der Waals surface area (Å²) in [5.74, 6) is -1.18. The van der Waals surface area contributed by atoms with Gasteiger partial charge in [0.1, 0.15) is 5.69 Å². The summed E-state index contributed by atoms with van der Waals surface area (Å²) in [6.07, 6.45) is 0.0554. The van der Waals surface area contributed by atoms with Crippen LogP contribution in [0.25, 0.3) is 0 Å². The third-order valence-corrected chi connectivity index (χ3v) is 3.66. The number of rotatable bonds is 6. The van der Waals surface area contributed by atoms with Crippen molar-refractivity contribution in [3.63, 3.8) is 0 Å². The van der Waals surface area contributed by atoms with Gasteiger partial charge >= 0.3 is 5.97 Å². The molecule has 0 heterocycles. The number of hydrogen-bond acceptors (Lipinski definition) is 5. The number of nitro groups is 1. The summed E-state index contributed by atoms with van der Waals surface area (Å²) in [6, 6.07) is 11.4. The minimum atomic E-state index is -0.636. The van der Waals surface area contributed by atoms with Crippen molar-refractivity contribution in [1.29, 1.82) is 0 Å². The van der Waals surface area contributed by atoms with Gasteiger partial charge in [0.25, 0.3) is 11.6 Å². The molecule has 0 aliphatic heterocycles. The summed E-state index contributed by atoms with van der Waals surface area (Å²) < 4.78 is 4.93. The van der Waals surface area contributed by atoms with Gasteiger partial charge in [-0.05, 0) is 36.6 Å². The number of anilines is 1. The predicted octanol–water partition coefficient (Wildman–Crippen LogP) is 2.94. The maximum absolute atomic E-state index is 11.8. The molecule has 2 rings (SSSR count). The van der Waals surface area contributed by atoms with Gasteiger partial charge in [-0.2, -0.15) is 0 Å². The van der Waals surface area contributed by atoms with Crippen LogP contribution in [0.4, 0.5) is 11.4 Å². The number of carbonyl (C=O) groups is 2. The Labute approximate surface area is 144 Å². The lowest BCUT2D eigenvalue weighted by molar-refractivity contribution is -0.383. The Morgan fingerprint density at radius 2 is 1.84 bits per heavy atom. The van der Waals surface area contributed by atoms with E-state index in [1.807, 2.05) is 32.0 Å². The molecule has 130 valence electrons. The minimum Gasteiger partial charge on any atom is -0.455 e. The lowest BCUT2D eigenvalue weighted by atomic mass is 10.0. The Balaban J connectivity index is 1.88. The average Bonchev–Trinajstić information content (AvgIpc) is 2.57. The van der Waals surface area contributed by atoms with Crippen molar-refractivity contribution in [3.8, 4) is 0 Å². The van der Waals surface area contributed by atoms with Crippen molar-refractivity contribution in [2.75, 3.05) is 11.9 Å². The minimum absolute atomic E-state index is 0.0554. The Kier molecular flexibility index (Phi) is 5.84. The number of nitrogens with zero attached hydrogens (tertiary/aromatic N) is 1. The fourth-order valence-corrected chi connectivity index (χ4v) is 2.20. The van der Waals surface area contributed by atoms with E-state index in [0.717, 1.165) is 16.7 Å². The first-order chi connectivity index (χ1) is 11.9. The number of para-hydroxylation sites is 2. The topological polar surface area (TPSA) is 98.5 Å². The van der Waals surface area contributed by atoms with E-state index in [4.69, 9.17) is 4.74 Å². The van der Waals surface area contributed by atoms with E-state index in [2.05, 4.69) is 5.32 Å². The maximum Gasteiger partial charge on any atom is 0.310 e. The summed E-state index contributed by atoms with van der Waals surface area (Å²) in [5.41, 5.74) is 2.83. The summed E-state index contributed by atoms with van der Waals surface area (Å²) in [4.78, 5) is 34.0. The van der Waals surface area contributed by atoms with Crippen LogP contribution in [0.2, 0.25) is 0 Å². The van der Waals surface area contributed by atoms with Gasteiger partial charge in [0.15, 0.2) is 6.61 Å². The standard InChI is InChI=1S/C18H18N2O5/c1-12-7-8-14(9-13(12)2)10-18(22)25-11-17(21)19-15-5-3-4-6-16(15)20(23)24/h3-9H,10-11H2,1-2H3,(H,19,21). The van der Waals surface area contributed by atoms with Crippen molar-refractivity contribution in [1.82, 2.24) is 0 Å². The molecule has 1 N–H and O–H groups in total. The predicted molar refractivity (Wildman–Crippen MR) is 92.3 cm³/mol. The number of benzene rings is 2. The van der Waals surface area contributed by atoms with E-state index in [1.54, 1.807) is 6.07 Å². The summed E-state index contributed by atoms with van der Waals surface area (Å²) in [6.45, 7) is 3.42. The Bertz CT molecular complexity index is 817. The van der Waals surface area contributed by atoms with Crippen LogP contribution < -0.4 is 5.32 Å². The molecule has 0 aromatic heterocycles. The first-order valence-corrected chi connectivity index (χ1v) is 7.62. The highest BCUT2D eigenvalue weighted by molar-refractivity contribution is 5.94. The van der Waals surface area contributed by atoms with Crippen LogP contribution in [0.1, 0.15) is 16.7 Å². The second-order valence-electron chi connectivity index (χ2n) is 5.58. The molecule has 7 nitrogen and oxygen atoms in total. The molecular weight excluding hydrogens is 324 g/mol. The molecule has 2 aromatic rings. The Morgan fingerprint density at radius 1 is 1.12 bits per heavy atom. The van der Waals surface area contributed by atoms with Crippen LogP contribution in [0.3, 0.4) is 0 Å². The maximum atomic E-state index is 11.8. The quantitative estimate of drug-likeness (QED) is 0.494. The zero-order valence-corrected chi connectivity index (χ0v) is 13.9. The highest BCUT2D eigenvalue weighted by Gasteiger charge is 2.16. The largest absolute Gasteiger partial charge is 0.455 e. The van der Waals surface area contributed by atoms with Gasteiger partial charge in [-0.15, -0.1) is 0 Å². The van der Waals surface area contributed by atoms with Gasteiger partial charge in [-0.25, -0.2) is 0 Å². The van der Waals surface area contributed by atoms with Crippen molar-refractivity contribution in [2.24, 2.45) is 0 Å². The van der Waals surface area contributed by atoms with E-state index in [9.17, 15) is 19.7 Å². The molecule has 0 saturated heterocycles. The monoisotopic (exact) mass is 342 g/mol. The molecule has 0 fully saturated rings. The molecule has 0 spiro atoms. The van der Waals surface area contributed by atoms with Crippen LogP contribution >= 0.6 is 0 Å². The van der Waals surface area contributed by atoms with E-state index < -0.39 is 23.4 Å². The molecule has 2 aromatic carbocycles. The van der Waals surface area contributed by atoms with Gasteiger partial charge in [-0.1, -0.05) is 30.3 Å². The lowest BCUT2D eigenvalue weighted by Gasteiger charge is -2.08. The molecule has 0 saturated carbocycles. The first kappa shape index (κ1) is 18.1. The van der Waals surface area contributed by atoms with Crippen molar-refractivity contribution in [3.05, 3.63) is 69.3 Å². The summed E-state index contributed by atoms with van der Waals surface area (Å²) in [5, 5.41) is 13.3. The number of nitro benzene ring substituents is 1. The third kappa shape index (κ3) is 5.13. The molecule has 7 heteroatoms. The van der Waals surface area contributed by atoms with E-state index >= 15 is 0 Å². The van der Waals surface area contributed by atoms with Gasteiger partial charge in [0, 0.05) is 6.07 Å². The zero-order chi connectivity index (χ0) is 18.4. The zero-order valence-electron chi connectivity index (χ0n) is 13.9. The van der Waals surface area contributed by atoms with Crippen LogP contribution in [0, 0.1) is 24.0 Å². The van der Waals surface area contributed by atoms with Gasteiger partial charge < -0.3 is 10.1 Å². The molecule has 0 unspecified atom stereocenters. The average molecular weight is 342 g/mol. The molecule has 0 aliphatic carbocycles. The second-order valence-corrected chi connectivity index (χ2v) is 5.58. The normalized spacial score (nSPS) is 10.2. The molecule has 0 bridgehead atoms. The molecular formula is C18H18N2O5. The molecule has 0 aliphatic rings. The third-order valence-electron chi connectivity index (χ3n) is 3.66. The number of hydrogen-bond donors (Lipinski definition) is 1. The number of carbonyl (C=O) groups excluding carboxylic acids is 2. The van der Waals surface area contributed by atoms with Crippen molar-refractivity contribution >= 4 is 23.3 Å². The summed E-state index contributed by atoms with van der Waals surface area (Å²) >= 11 is 0. The molecule has 0 atom stereocenters. The fraction of sp³-hybridized carbons (Fsp3) is 0.222. The SMILES string of the molecule is Cc1ccc(CC(=O)OCC(=O)Nc2ccccc2[N+](=O)[O-])cc1C. The van der Waals surface area contributed by atoms with Crippen LogP contribution in [-0.4, -0.2) is 23.4 Å². The van der Waals surface area contributed by atoms with Crippen LogP contribution in [0.5, 0.6) is 0 Å². The number of nitrogens with one attached hydrogen (secondary N) is 1. The van der Waals surface area contributed by atoms with Crippen LogP contribution in [-0.2, 0) is 20.7 Å². The smallest absolute Gasteiger partial charge is 0.310 e. The van der Waals surface area contributed by atoms with Crippen molar-refractivity contribution in [2.45, 2.75) is 20.3 Å². The Hall–Kier alpha value is -3.22. The van der Waals surface area contributed by atoms with E-state index in [0.29, 0.717) is 0 Å². The van der Waals surface area contributed by atoms with Crippen molar-refractivity contribution < 1.29 is 19.2 Å². The Morgan fingerprint density at radius 3 is 2.52 bits per heavy atom.